The molecule has 0 saturated carbocycles. The van der Waals surface area contributed by atoms with Gasteiger partial charge < -0.3 is 9.67 Å². The molecule has 0 radical (unpaired) electrons. The summed E-state index contributed by atoms with van der Waals surface area (Å²) in [4.78, 5) is 10.7. The second kappa shape index (κ2) is 3.14. The van der Waals surface area contributed by atoms with Gasteiger partial charge in [0.15, 0.2) is 0 Å². The van der Waals surface area contributed by atoms with Crippen LogP contribution < -0.4 is 0 Å². The van der Waals surface area contributed by atoms with Gasteiger partial charge in [-0.15, -0.1) is 6.42 Å². The summed E-state index contributed by atoms with van der Waals surface area (Å²) in [5.74, 6) is 1.45. The predicted octanol–water partition coefficient (Wildman–Crippen LogP) is 1.13. The molecule has 0 spiro atoms. The predicted molar refractivity (Wildman–Crippen MR) is 45.0 cm³/mol. The Morgan fingerprint density at radius 3 is 3.00 bits per heavy atom. The van der Waals surface area contributed by atoms with Crippen molar-refractivity contribution in [2.45, 2.75) is 13.5 Å². The summed E-state index contributed by atoms with van der Waals surface area (Å²) in [7, 11) is 0. The lowest BCUT2D eigenvalue weighted by Gasteiger charge is -2.00. The van der Waals surface area contributed by atoms with E-state index in [0.717, 1.165) is 5.56 Å². The quantitative estimate of drug-likeness (QED) is 0.664. The van der Waals surface area contributed by atoms with Crippen LogP contribution >= 0.6 is 0 Å². The Morgan fingerprint density at radius 2 is 2.50 bits per heavy atom. The van der Waals surface area contributed by atoms with Crippen LogP contribution in [0.3, 0.4) is 0 Å². The van der Waals surface area contributed by atoms with E-state index in [2.05, 4.69) is 5.92 Å². The van der Waals surface area contributed by atoms with Gasteiger partial charge in [-0.3, -0.25) is 0 Å². The van der Waals surface area contributed by atoms with E-state index >= 15 is 0 Å². The van der Waals surface area contributed by atoms with Crippen molar-refractivity contribution < 1.29 is 9.90 Å². The average molecular weight is 163 g/mol. The molecular formula is C9H9NO2. The summed E-state index contributed by atoms with van der Waals surface area (Å²) >= 11 is 0. The van der Waals surface area contributed by atoms with Crippen molar-refractivity contribution in [1.82, 2.24) is 4.57 Å². The molecule has 62 valence electrons. The number of carbonyl (C=O) groups is 1. The van der Waals surface area contributed by atoms with Crippen molar-refractivity contribution in [2.24, 2.45) is 0 Å². The summed E-state index contributed by atoms with van der Waals surface area (Å²) in [5.41, 5.74) is 1.01. The lowest BCUT2D eigenvalue weighted by Crippen LogP contribution is -2.08. The monoisotopic (exact) mass is 163 g/mol. The Hall–Kier alpha value is -1.69. The first-order valence-corrected chi connectivity index (χ1v) is 3.49. The number of aryl methyl sites for hydroxylation is 1. The molecule has 0 saturated heterocycles. The molecule has 1 N–H and O–H groups in total. The molecule has 3 nitrogen and oxygen atoms in total. The molecule has 0 aliphatic rings. The zero-order valence-corrected chi connectivity index (χ0v) is 6.74. The van der Waals surface area contributed by atoms with Crippen LogP contribution in [0.2, 0.25) is 0 Å². The maximum atomic E-state index is 10.7. The number of hydrogen-bond acceptors (Lipinski definition) is 1. The van der Waals surface area contributed by atoms with E-state index in [0.29, 0.717) is 6.54 Å². The van der Waals surface area contributed by atoms with Gasteiger partial charge in [-0.1, -0.05) is 5.92 Å². The molecule has 0 bridgehead atoms. The fourth-order valence-electron chi connectivity index (χ4n) is 1.10. The topological polar surface area (TPSA) is 42.2 Å². The van der Waals surface area contributed by atoms with Crippen LogP contribution in [0, 0.1) is 19.3 Å². The Balaban J connectivity index is 3.14. The fourth-order valence-corrected chi connectivity index (χ4v) is 1.10. The summed E-state index contributed by atoms with van der Waals surface area (Å²) in [5, 5.41) is 8.77. The van der Waals surface area contributed by atoms with Crippen LogP contribution in [0.25, 0.3) is 0 Å². The molecule has 0 aliphatic heterocycles. The molecular weight excluding hydrogens is 154 g/mol. The Morgan fingerprint density at radius 1 is 1.83 bits per heavy atom. The van der Waals surface area contributed by atoms with E-state index in [4.69, 9.17) is 11.5 Å². The fraction of sp³-hybridized carbons (Fsp3) is 0.222. The Labute approximate surface area is 70.6 Å². The van der Waals surface area contributed by atoms with Gasteiger partial charge >= 0.3 is 5.97 Å². The second-order valence-electron chi connectivity index (χ2n) is 2.48. The zero-order valence-electron chi connectivity index (χ0n) is 6.74. The van der Waals surface area contributed by atoms with Crippen molar-refractivity contribution in [2.75, 3.05) is 0 Å². The number of aromatic nitrogens is 1. The second-order valence-corrected chi connectivity index (χ2v) is 2.48. The molecule has 0 atom stereocenters. The van der Waals surface area contributed by atoms with Crippen LogP contribution in [-0.2, 0) is 6.54 Å². The van der Waals surface area contributed by atoms with E-state index in [1.807, 2.05) is 0 Å². The third-order valence-corrected chi connectivity index (χ3v) is 1.63. The molecule has 0 fully saturated rings. The third kappa shape index (κ3) is 1.32. The van der Waals surface area contributed by atoms with Crippen LogP contribution in [0.1, 0.15) is 16.1 Å². The maximum Gasteiger partial charge on any atom is 0.352 e. The number of terminal acetylenes is 1. The van der Waals surface area contributed by atoms with E-state index in [9.17, 15) is 4.79 Å². The van der Waals surface area contributed by atoms with Gasteiger partial charge in [0.2, 0.25) is 0 Å². The third-order valence-electron chi connectivity index (χ3n) is 1.63. The molecule has 12 heavy (non-hydrogen) atoms. The molecule has 0 aromatic carbocycles. The van der Waals surface area contributed by atoms with E-state index in [1.54, 1.807) is 19.2 Å². The molecule has 1 heterocycles. The van der Waals surface area contributed by atoms with E-state index < -0.39 is 5.97 Å². The van der Waals surface area contributed by atoms with Gasteiger partial charge in [-0.25, -0.2) is 4.79 Å². The number of rotatable bonds is 2. The number of nitrogens with zero attached hydrogens (tertiary/aromatic N) is 1. The minimum absolute atomic E-state index is 0.271. The molecule has 1 aromatic rings. The molecule has 0 amide bonds. The van der Waals surface area contributed by atoms with E-state index in [-0.39, 0.29) is 5.69 Å². The van der Waals surface area contributed by atoms with Crippen molar-refractivity contribution >= 4 is 5.97 Å². The maximum absolute atomic E-state index is 10.7. The van der Waals surface area contributed by atoms with E-state index in [1.165, 1.54) is 4.57 Å². The first-order chi connectivity index (χ1) is 5.66. The first kappa shape index (κ1) is 8.41. The highest BCUT2D eigenvalue weighted by molar-refractivity contribution is 5.87. The summed E-state index contributed by atoms with van der Waals surface area (Å²) in [6.45, 7) is 2.05. The highest BCUT2D eigenvalue weighted by atomic mass is 16.4. The van der Waals surface area contributed by atoms with Gasteiger partial charge in [0.25, 0.3) is 0 Å². The number of hydrogen-bond donors (Lipinski definition) is 1. The lowest BCUT2D eigenvalue weighted by atomic mass is 10.3. The molecule has 3 heteroatoms. The molecule has 1 rings (SSSR count). The number of aromatic carboxylic acids is 1. The summed E-state index contributed by atoms with van der Waals surface area (Å²) in [6.07, 6.45) is 6.75. The average Bonchev–Trinajstić information content (AvgIpc) is 2.32. The van der Waals surface area contributed by atoms with Gasteiger partial charge in [0.1, 0.15) is 5.69 Å². The van der Waals surface area contributed by atoms with Crippen LogP contribution in [0.15, 0.2) is 12.3 Å². The Bertz CT molecular complexity index is 344. The van der Waals surface area contributed by atoms with Crippen molar-refractivity contribution in [3.63, 3.8) is 0 Å². The molecule has 0 aliphatic carbocycles. The number of carboxylic acids is 1. The molecule has 0 unspecified atom stereocenters. The number of carboxylic acid groups (broad SMARTS) is 1. The summed E-state index contributed by atoms with van der Waals surface area (Å²) in [6, 6.07) is 1.74. The van der Waals surface area contributed by atoms with Gasteiger partial charge in [-0.05, 0) is 18.6 Å². The molecule has 1 aromatic heterocycles. The highest BCUT2D eigenvalue weighted by Gasteiger charge is 2.11. The highest BCUT2D eigenvalue weighted by Crippen LogP contribution is 2.09. The van der Waals surface area contributed by atoms with Crippen molar-refractivity contribution in [3.8, 4) is 12.3 Å². The van der Waals surface area contributed by atoms with Gasteiger partial charge in [-0.2, -0.15) is 0 Å². The lowest BCUT2D eigenvalue weighted by molar-refractivity contribution is 0.0685. The minimum Gasteiger partial charge on any atom is -0.477 e. The Kier molecular flexibility index (Phi) is 2.20. The SMILES string of the molecule is C#CCn1ccc(C)c1C(=O)O. The van der Waals surface area contributed by atoms with Crippen LogP contribution in [0.5, 0.6) is 0 Å². The zero-order chi connectivity index (χ0) is 9.14. The standard InChI is InChI=1S/C9H9NO2/c1-3-5-10-6-4-7(2)8(10)9(11)12/h1,4,6H,5H2,2H3,(H,11,12). The van der Waals surface area contributed by atoms with Crippen LogP contribution in [-0.4, -0.2) is 15.6 Å². The normalized spacial score (nSPS) is 9.33. The van der Waals surface area contributed by atoms with Crippen LogP contribution in [0.4, 0.5) is 0 Å². The summed E-state index contributed by atoms with van der Waals surface area (Å²) < 4.78 is 1.54. The smallest absolute Gasteiger partial charge is 0.352 e. The first-order valence-electron chi connectivity index (χ1n) is 3.49. The largest absolute Gasteiger partial charge is 0.477 e. The minimum atomic E-state index is -0.937. The van der Waals surface area contributed by atoms with Crippen molar-refractivity contribution in [1.29, 1.82) is 0 Å². The van der Waals surface area contributed by atoms with Gasteiger partial charge in [0, 0.05) is 6.20 Å². The van der Waals surface area contributed by atoms with Crippen molar-refractivity contribution in [3.05, 3.63) is 23.5 Å². The van der Waals surface area contributed by atoms with Gasteiger partial charge in [0.05, 0.1) is 6.54 Å².